The van der Waals surface area contributed by atoms with Gasteiger partial charge in [0.2, 0.25) is 0 Å². The van der Waals surface area contributed by atoms with E-state index in [0.717, 1.165) is 0 Å². The summed E-state index contributed by atoms with van der Waals surface area (Å²) in [5.74, 6) is -0.539. The average molecular weight is 310 g/mol. The maximum atomic E-state index is 11.3. The van der Waals surface area contributed by atoms with E-state index in [1.54, 1.807) is 12.1 Å². The maximum Gasteiger partial charge on any atom is 0.284 e. The van der Waals surface area contributed by atoms with Gasteiger partial charge in [0.05, 0.1) is 9.40 Å². The summed E-state index contributed by atoms with van der Waals surface area (Å²) in [5, 5.41) is 21.8. The van der Waals surface area contributed by atoms with Crippen LogP contribution in [0.3, 0.4) is 0 Å². The lowest BCUT2D eigenvalue weighted by molar-refractivity contribution is -0.385. The molecule has 0 aliphatic carbocycles. The van der Waals surface area contributed by atoms with Crippen molar-refractivity contribution in [2.75, 3.05) is 7.05 Å². The third kappa shape index (κ3) is 3.15. The molecule has 18 heavy (non-hydrogen) atoms. The van der Waals surface area contributed by atoms with Crippen LogP contribution in [0.4, 0.5) is 5.69 Å². The average Bonchev–Trinajstić information content (AvgIpc) is 2.36. The van der Waals surface area contributed by atoms with Crippen molar-refractivity contribution in [3.05, 3.63) is 43.9 Å². The molecule has 1 rings (SSSR count). The minimum Gasteiger partial charge on any atom is -0.354 e. The Morgan fingerprint density at radius 3 is 2.78 bits per heavy atom. The molecule has 0 saturated carbocycles. The first kappa shape index (κ1) is 13.9. The van der Waals surface area contributed by atoms with Crippen molar-refractivity contribution in [1.82, 2.24) is 5.32 Å². The molecule has 6 nitrogen and oxygen atoms in total. The molecule has 0 aliphatic rings. The lowest BCUT2D eigenvalue weighted by Crippen LogP contribution is -2.19. The van der Waals surface area contributed by atoms with Crippen LogP contribution in [0.2, 0.25) is 0 Å². The Kier molecular flexibility index (Phi) is 4.57. The molecule has 0 unspecified atom stereocenters. The van der Waals surface area contributed by atoms with E-state index in [-0.39, 0.29) is 11.3 Å². The molecule has 0 aromatic heterocycles. The lowest BCUT2D eigenvalue weighted by Gasteiger charge is -1.99. The lowest BCUT2D eigenvalue weighted by atomic mass is 10.1. The SMILES string of the molecule is CNC(=O)C(C#N)=Cc1ccc(Br)c([N+](=O)[O-])c1. The highest BCUT2D eigenvalue weighted by atomic mass is 79.9. The van der Waals surface area contributed by atoms with Gasteiger partial charge in [0, 0.05) is 13.1 Å². The number of rotatable bonds is 3. The van der Waals surface area contributed by atoms with Gasteiger partial charge in [-0.05, 0) is 33.6 Å². The number of carbonyl (C=O) groups is 1. The van der Waals surface area contributed by atoms with E-state index in [1.165, 1.54) is 25.3 Å². The Hall–Kier alpha value is -2.20. The molecule has 1 aromatic carbocycles. The zero-order chi connectivity index (χ0) is 13.7. The second-order valence-electron chi connectivity index (χ2n) is 3.22. The summed E-state index contributed by atoms with van der Waals surface area (Å²) >= 11 is 3.05. The van der Waals surface area contributed by atoms with Crippen molar-refractivity contribution in [1.29, 1.82) is 5.26 Å². The third-order valence-corrected chi connectivity index (χ3v) is 2.74. The van der Waals surface area contributed by atoms with Crippen LogP contribution >= 0.6 is 15.9 Å². The molecule has 0 fully saturated rings. The number of nitro groups is 1. The van der Waals surface area contributed by atoms with Gasteiger partial charge in [-0.15, -0.1) is 0 Å². The molecule has 0 aliphatic heterocycles. The number of hydrogen-bond donors (Lipinski definition) is 1. The van der Waals surface area contributed by atoms with Crippen molar-refractivity contribution < 1.29 is 9.72 Å². The molecule has 1 aromatic rings. The summed E-state index contributed by atoms with van der Waals surface area (Å²) in [7, 11) is 1.40. The van der Waals surface area contributed by atoms with E-state index in [4.69, 9.17) is 5.26 Å². The van der Waals surface area contributed by atoms with Crippen molar-refractivity contribution in [3.8, 4) is 6.07 Å². The summed E-state index contributed by atoms with van der Waals surface area (Å²) in [6, 6.07) is 6.07. The standard InChI is InChI=1S/C11H8BrN3O3/c1-14-11(16)8(6-13)4-7-2-3-9(12)10(5-7)15(17)18/h2-5H,1H3,(H,14,16). The van der Waals surface area contributed by atoms with Crippen molar-refractivity contribution >= 4 is 33.6 Å². The fraction of sp³-hybridized carbons (Fsp3) is 0.0909. The van der Waals surface area contributed by atoms with Gasteiger partial charge in [0.15, 0.2) is 0 Å². The molecular formula is C11H8BrN3O3. The smallest absolute Gasteiger partial charge is 0.284 e. The normalized spacial score (nSPS) is 10.6. The fourth-order valence-electron chi connectivity index (χ4n) is 1.21. The van der Waals surface area contributed by atoms with Gasteiger partial charge in [-0.1, -0.05) is 6.07 Å². The van der Waals surface area contributed by atoms with Gasteiger partial charge in [0.1, 0.15) is 11.6 Å². The van der Waals surface area contributed by atoms with Crippen molar-refractivity contribution in [2.45, 2.75) is 0 Å². The third-order valence-electron chi connectivity index (χ3n) is 2.07. The monoisotopic (exact) mass is 309 g/mol. The largest absolute Gasteiger partial charge is 0.354 e. The van der Waals surface area contributed by atoms with Crippen LogP contribution in [-0.2, 0) is 4.79 Å². The number of carbonyl (C=O) groups excluding carboxylic acids is 1. The number of benzene rings is 1. The van der Waals surface area contributed by atoms with Gasteiger partial charge in [-0.25, -0.2) is 0 Å². The first-order valence-electron chi connectivity index (χ1n) is 4.77. The van der Waals surface area contributed by atoms with E-state index in [0.29, 0.717) is 10.0 Å². The van der Waals surface area contributed by atoms with Gasteiger partial charge >= 0.3 is 0 Å². The molecule has 0 radical (unpaired) electrons. The van der Waals surface area contributed by atoms with Gasteiger partial charge in [0.25, 0.3) is 11.6 Å². The Morgan fingerprint density at radius 2 is 2.28 bits per heavy atom. The molecule has 0 bridgehead atoms. The van der Waals surface area contributed by atoms with Crippen LogP contribution in [0.25, 0.3) is 6.08 Å². The number of halogens is 1. The predicted octanol–water partition coefficient (Wildman–Crippen LogP) is 2.01. The molecule has 7 heteroatoms. The van der Waals surface area contributed by atoms with Gasteiger partial charge < -0.3 is 5.32 Å². The molecular weight excluding hydrogens is 302 g/mol. The second kappa shape index (κ2) is 5.93. The summed E-state index contributed by atoms with van der Waals surface area (Å²) < 4.78 is 0.336. The number of nitro benzene ring substituents is 1. The Bertz CT molecular complexity index is 575. The summed E-state index contributed by atoms with van der Waals surface area (Å²) in [4.78, 5) is 21.5. The highest BCUT2D eigenvalue weighted by molar-refractivity contribution is 9.10. The minimum absolute atomic E-state index is 0.117. The fourth-order valence-corrected chi connectivity index (χ4v) is 1.60. The number of nitriles is 1. The first-order chi connectivity index (χ1) is 8.49. The number of nitrogens with one attached hydrogen (secondary N) is 1. The number of likely N-dealkylation sites (N-methyl/N-ethyl adjacent to an activating group) is 1. The van der Waals surface area contributed by atoms with E-state index in [2.05, 4.69) is 21.2 Å². The van der Waals surface area contributed by atoms with E-state index in [1.807, 2.05) is 0 Å². The molecule has 0 atom stereocenters. The molecule has 0 saturated heterocycles. The zero-order valence-electron chi connectivity index (χ0n) is 9.31. The quantitative estimate of drug-likeness (QED) is 0.400. The number of amides is 1. The minimum atomic E-state index is -0.548. The van der Waals surface area contributed by atoms with Crippen LogP contribution in [-0.4, -0.2) is 17.9 Å². The van der Waals surface area contributed by atoms with Crippen LogP contribution < -0.4 is 5.32 Å². The van der Waals surface area contributed by atoms with Gasteiger partial charge in [-0.3, -0.25) is 14.9 Å². The Labute approximate surface area is 111 Å². The summed E-state index contributed by atoms with van der Waals surface area (Å²) in [5.41, 5.74) is 0.164. The molecule has 1 N–H and O–H groups in total. The predicted molar refractivity (Wildman–Crippen MR) is 68.5 cm³/mol. The molecule has 0 spiro atoms. The Morgan fingerprint density at radius 1 is 1.61 bits per heavy atom. The van der Waals surface area contributed by atoms with Crippen LogP contribution in [0, 0.1) is 21.4 Å². The second-order valence-corrected chi connectivity index (χ2v) is 4.07. The molecule has 92 valence electrons. The van der Waals surface area contributed by atoms with Crippen LogP contribution in [0.15, 0.2) is 28.2 Å². The first-order valence-corrected chi connectivity index (χ1v) is 5.56. The van der Waals surface area contributed by atoms with E-state index < -0.39 is 10.8 Å². The maximum absolute atomic E-state index is 11.3. The highest BCUT2D eigenvalue weighted by Crippen LogP contribution is 2.26. The van der Waals surface area contributed by atoms with Crippen molar-refractivity contribution in [3.63, 3.8) is 0 Å². The highest BCUT2D eigenvalue weighted by Gasteiger charge is 2.13. The summed E-state index contributed by atoms with van der Waals surface area (Å²) in [6.45, 7) is 0. The topological polar surface area (TPSA) is 96.0 Å². The van der Waals surface area contributed by atoms with Crippen molar-refractivity contribution in [2.24, 2.45) is 0 Å². The van der Waals surface area contributed by atoms with Crippen LogP contribution in [0.1, 0.15) is 5.56 Å². The number of hydrogen-bond acceptors (Lipinski definition) is 4. The van der Waals surface area contributed by atoms with E-state index >= 15 is 0 Å². The summed E-state index contributed by atoms with van der Waals surface area (Å²) in [6.07, 6.45) is 1.29. The Balaban J connectivity index is 3.23. The van der Waals surface area contributed by atoms with Crippen LogP contribution in [0.5, 0.6) is 0 Å². The van der Waals surface area contributed by atoms with Gasteiger partial charge in [-0.2, -0.15) is 5.26 Å². The zero-order valence-corrected chi connectivity index (χ0v) is 10.9. The van der Waals surface area contributed by atoms with E-state index in [9.17, 15) is 14.9 Å². The molecule has 0 heterocycles. The molecule has 1 amide bonds. The number of nitrogens with zero attached hydrogens (tertiary/aromatic N) is 2.